The first kappa shape index (κ1) is 19.1. The quantitative estimate of drug-likeness (QED) is 0.484. The molecule has 0 aromatic carbocycles. The molecule has 0 aliphatic carbocycles. The summed E-state index contributed by atoms with van der Waals surface area (Å²) in [6.45, 7) is 3.56. The van der Waals surface area contributed by atoms with Gasteiger partial charge in [0.05, 0.1) is 18.8 Å². The molecule has 3 aliphatic heterocycles. The van der Waals surface area contributed by atoms with Crippen molar-refractivity contribution < 1.29 is 23.7 Å². The zero-order chi connectivity index (χ0) is 19.1. The lowest BCUT2D eigenvalue weighted by atomic mass is 9.80. The molecule has 3 unspecified atom stereocenters. The number of esters is 1. The predicted molar refractivity (Wildman–Crippen MR) is 102 cm³/mol. The van der Waals surface area contributed by atoms with Crippen LogP contribution in [0.5, 0.6) is 0 Å². The van der Waals surface area contributed by atoms with Gasteiger partial charge in [-0.15, -0.1) is 0 Å². The highest BCUT2D eigenvalue weighted by Gasteiger charge is 2.51. The van der Waals surface area contributed by atoms with E-state index in [-0.39, 0.29) is 12.1 Å². The third-order valence-electron chi connectivity index (χ3n) is 4.74. The standard InChI is InChI=1S/C22H26O5/c1-3-4-5-10-18-19(27-17(2)23)12-16-25-21(18)22(13-7-9-15-26-22)20-11-6-8-14-24-20/h6-9,11-16,20-21H,3-5,10H2,1-2H3. The third-order valence-corrected chi connectivity index (χ3v) is 4.74. The van der Waals surface area contributed by atoms with Crippen LogP contribution in [0.1, 0.15) is 39.5 Å². The molecular formula is C22H26O5. The maximum absolute atomic E-state index is 11.6. The lowest BCUT2D eigenvalue weighted by molar-refractivity contribution is -0.137. The number of hydrogen-bond acceptors (Lipinski definition) is 5. The molecule has 0 saturated heterocycles. The summed E-state index contributed by atoms with van der Waals surface area (Å²) in [5, 5.41) is 0. The van der Waals surface area contributed by atoms with E-state index in [9.17, 15) is 4.79 Å². The number of carbonyl (C=O) groups excluding carboxylic acids is 1. The Morgan fingerprint density at radius 1 is 1.11 bits per heavy atom. The summed E-state index contributed by atoms with van der Waals surface area (Å²) < 4.78 is 23.5. The van der Waals surface area contributed by atoms with E-state index in [0.717, 1.165) is 31.3 Å². The van der Waals surface area contributed by atoms with Crippen molar-refractivity contribution >= 4 is 5.97 Å². The van der Waals surface area contributed by atoms with E-state index < -0.39 is 11.7 Å². The summed E-state index contributed by atoms with van der Waals surface area (Å²) >= 11 is 0. The minimum atomic E-state index is -0.895. The summed E-state index contributed by atoms with van der Waals surface area (Å²) in [5.74, 6) is 0.185. The Labute approximate surface area is 160 Å². The van der Waals surface area contributed by atoms with Crippen LogP contribution in [0.2, 0.25) is 0 Å². The molecule has 0 amide bonds. The Balaban J connectivity index is 1.99. The topological polar surface area (TPSA) is 54.0 Å². The second kappa shape index (κ2) is 8.80. The Hall–Kier alpha value is -2.69. The van der Waals surface area contributed by atoms with Crippen LogP contribution >= 0.6 is 0 Å². The molecule has 0 radical (unpaired) electrons. The first-order valence-corrected chi connectivity index (χ1v) is 9.42. The molecule has 144 valence electrons. The van der Waals surface area contributed by atoms with E-state index in [1.54, 1.807) is 24.9 Å². The van der Waals surface area contributed by atoms with Crippen molar-refractivity contribution in [2.45, 2.75) is 57.3 Å². The number of ether oxygens (including phenoxy) is 4. The third kappa shape index (κ3) is 4.18. The molecule has 0 N–H and O–H groups in total. The van der Waals surface area contributed by atoms with Crippen LogP contribution in [0.15, 0.2) is 72.7 Å². The minimum absolute atomic E-state index is 0.353. The highest BCUT2D eigenvalue weighted by atomic mass is 16.6. The van der Waals surface area contributed by atoms with Gasteiger partial charge in [0, 0.05) is 18.6 Å². The van der Waals surface area contributed by atoms with Crippen molar-refractivity contribution in [2.75, 3.05) is 0 Å². The van der Waals surface area contributed by atoms with E-state index >= 15 is 0 Å². The smallest absolute Gasteiger partial charge is 0.308 e. The average molecular weight is 370 g/mol. The van der Waals surface area contributed by atoms with Gasteiger partial charge in [0.2, 0.25) is 5.60 Å². The summed E-state index contributed by atoms with van der Waals surface area (Å²) in [5.41, 5.74) is 0.0147. The van der Waals surface area contributed by atoms with Gasteiger partial charge in [-0.2, -0.15) is 0 Å². The molecule has 5 nitrogen and oxygen atoms in total. The van der Waals surface area contributed by atoms with Crippen LogP contribution in [-0.2, 0) is 23.7 Å². The molecule has 0 aromatic heterocycles. The van der Waals surface area contributed by atoms with Crippen LogP contribution in [0, 0.1) is 0 Å². The number of rotatable bonds is 7. The Bertz CT molecular complexity index is 725. The fraction of sp³-hybridized carbons (Fsp3) is 0.409. The van der Waals surface area contributed by atoms with E-state index in [1.807, 2.05) is 36.5 Å². The van der Waals surface area contributed by atoms with Gasteiger partial charge in [-0.25, -0.2) is 0 Å². The molecule has 5 heteroatoms. The molecule has 3 rings (SSSR count). The molecule has 3 heterocycles. The highest BCUT2D eigenvalue weighted by Crippen LogP contribution is 2.40. The molecule has 3 atom stereocenters. The van der Waals surface area contributed by atoms with Crippen molar-refractivity contribution in [2.24, 2.45) is 0 Å². The first-order chi connectivity index (χ1) is 13.2. The fourth-order valence-corrected chi connectivity index (χ4v) is 3.50. The van der Waals surface area contributed by atoms with Crippen LogP contribution in [0.25, 0.3) is 0 Å². The van der Waals surface area contributed by atoms with E-state index in [4.69, 9.17) is 18.9 Å². The van der Waals surface area contributed by atoms with E-state index in [1.165, 1.54) is 6.92 Å². The van der Waals surface area contributed by atoms with Crippen molar-refractivity contribution in [3.63, 3.8) is 0 Å². The summed E-state index contributed by atoms with van der Waals surface area (Å²) in [7, 11) is 0. The molecule has 0 aromatic rings. The summed E-state index contributed by atoms with van der Waals surface area (Å²) in [6, 6.07) is 0. The second-order valence-corrected chi connectivity index (χ2v) is 6.69. The zero-order valence-electron chi connectivity index (χ0n) is 15.8. The molecule has 0 saturated carbocycles. The van der Waals surface area contributed by atoms with Gasteiger partial charge in [-0.05, 0) is 37.1 Å². The van der Waals surface area contributed by atoms with Crippen molar-refractivity contribution in [1.29, 1.82) is 0 Å². The molecule has 0 bridgehead atoms. The van der Waals surface area contributed by atoms with Gasteiger partial charge in [0.1, 0.15) is 5.76 Å². The lowest BCUT2D eigenvalue weighted by Gasteiger charge is -2.44. The van der Waals surface area contributed by atoms with Crippen molar-refractivity contribution in [1.82, 2.24) is 0 Å². The molecule has 0 spiro atoms. The Morgan fingerprint density at radius 2 is 1.96 bits per heavy atom. The SMILES string of the molecule is CCCCCC1=C(OC(C)=O)C=COC1C1(C2C=CC=CO2)C=CC=CO1. The lowest BCUT2D eigenvalue weighted by Crippen LogP contribution is -2.54. The Kier molecular flexibility index (Phi) is 6.22. The number of hydrogen-bond donors (Lipinski definition) is 0. The maximum atomic E-state index is 11.6. The molecule has 0 fully saturated rings. The normalized spacial score (nSPS) is 28.5. The van der Waals surface area contributed by atoms with Gasteiger partial charge in [-0.1, -0.05) is 31.9 Å². The fourth-order valence-electron chi connectivity index (χ4n) is 3.50. The number of allylic oxidation sites excluding steroid dienone is 5. The maximum Gasteiger partial charge on any atom is 0.308 e. The molecular weight excluding hydrogens is 344 g/mol. The van der Waals surface area contributed by atoms with E-state index in [2.05, 4.69) is 6.92 Å². The van der Waals surface area contributed by atoms with E-state index in [0.29, 0.717) is 5.76 Å². The van der Waals surface area contributed by atoms with Crippen molar-refractivity contribution in [3.05, 3.63) is 72.7 Å². The summed E-state index contributed by atoms with van der Waals surface area (Å²) in [4.78, 5) is 11.6. The van der Waals surface area contributed by atoms with Crippen LogP contribution < -0.4 is 0 Å². The monoisotopic (exact) mass is 370 g/mol. The number of unbranched alkanes of at least 4 members (excludes halogenated alkanes) is 2. The van der Waals surface area contributed by atoms with Gasteiger partial charge in [-0.3, -0.25) is 4.79 Å². The predicted octanol–water partition coefficient (Wildman–Crippen LogP) is 4.60. The van der Waals surface area contributed by atoms with Crippen LogP contribution in [-0.4, -0.2) is 23.8 Å². The zero-order valence-corrected chi connectivity index (χ0v) is 15.8. The van der Waals surface area contributed by atoms with Gasteiger partial charge < -0.3 is 18.9 Å². The van der Waals surface area contributed by atoms with Crippen LogP contribution in [0.4, 0.5) is 0 Å². The average Bonchev–Trinajstić information content (AvgIpc) is 2.70. The van der Waals surface area contributed by atoms with Gasteiger partial charge in [0.15, 0.2) is 12.2 Å². The Morgan fingerprint density at radius 3 is 2.63 bits per heavy atom. The largest absolute Gasteiger partial charge is 0.489 e. The minimum Gasteiger partial charge on any atom is -0.489 e. The summed E-state index contributed by atoms with van der Waals surface area (Å²) in [6.07, 6.45) is 21.0. The molecule has 27 heavy (non-hydrogen) atoms. The molecule has 3 aliphatic rings. The van der Waals surface area contributed by atoms with Gasteiger partial charge >= 0.3 is 5.97 Å². The van der Waals surface area contributed by atoms with Crippen LogP contribution in [0.3, 0.4) is 0 Å². The number of carbonyl (C=O) groups is 1. The van der Waals surface area contributed by atoms with Crippen molar-refractivity contribution in [3.8, 4) is 0 Å². The first-order valence-electron chi connectivity index (χ1n) is 9.42. The highest BCUT2D eigenvalue weighted by molar-refractivity contribution is 5.68. The van der Waals surface area contributed by atoms with Gasteiger partial charge in [0.25, 0.3) is 0 Å². The second-order valence-electron chi connectivity index (χ2n) is 6.69.